The van der Waals surface area contributed by atoms with E-state index >= 15 is 0 Å². The molecule has 6 nitrogen and oxygen atoms in total. The molecule has 0 aliphatic rings. The summed E-state index contributed by atoms with van der Waals surface area (Å²) in [6.45, 7) is 3.55. The lowest BCUT2D eigenvalue weighted by molar-refractivity contribution is 0.210. The van der Waals surface area contributed by atoms with Crippen molar-refractivity contribution in [3.05, 3.63) is 65.2 Å². The smallest absolute Gasteiger partial charge is 0.308 e. The van der Waals surface area contributed by atoms with Crippen LogP contribution in [0.25, 0.3) is 0 Å². The Morgan fingerprint density at radius 2 is 1.65 bits per heavy atom. The molecule has 0 aliphatic carbocycles. The van der Waals surface area contributed by atoms with E-state index < -0.39 is 23.4 Å². The number of nitrogens with one attached hydrogen (secondary N) is 1. The van der Waals surface area contributed by atoms with Crippen LogP contribution >= 0.6 is 19.2 Å². The maximum Gasteiger partial charge on any atom is 0.352 e. The van der Waals surface area contributed by atoms with Crippen LogP contribution in [0.3, 0.4) is 0 Å². The number of benzene rings is 2. The van der Waals surface area contributed by atoms with Gasteiger partial charge in [-0.05, 0) is 37.6 Å². The Balaban J connectivity index is 2.49. The number of rotatable bonds is 9. The second-order valence-corrected chi connectivity index (χ2v) is 9.53. The fourth-order valence-electron chi connectivity index (χ4n) is 2.35. The minimum atomic E-state index is -4.02. The molecule has 0 saturated heterocycles. The van der Waals surface area contributed by atoms with Crippen molar-refractivity contribution < 1.29 is 22.0 Å². The molecule has 0 spiro atoms. The summed E-state index contributed by atoms with van der Waals surface area (Å²) in [6, 6.07) is 14.4. The summed E-state index contributed by atoms with van der Waals surface area (Å²) in [5.41, 5.74) is 0.475. The Morgan fingerprint density at radius 1 is 1.04 bits per heavy atom. The molecule has 26 heavy (non-hydrogen) atoms. The van der Waals surface area contributed by atoms with Gasteiger partial charge in [0.1, 0.15) is 5.78 Å². The van der Waals surface area contributed by atoms with Gasteiger partial charge in [0.05, 0.1) is 18.1 Å². The molecule has 2 aromatic rings. The van der Waals surface area contributed by atoms with Crippen LogP contribution in [0.5, 0.6) is 0 Å². The minimum Gasteiger partial charge on any atom is -0.308 e. The monoisotopic (exact) mass is 417 g/mol. The van der Waals surface area contributed by atoms with E-state index in [-0.39, 0.29) is 23.1 Å². The van der Waals surface area contributed by atoms with Crippen molar-refractivity contribution in [3.63, 3.8) is 0 Å². The van der Waals surface area contributed by atoms with E-state index in [2.05, 4.69) is 4.72 Å². The maximum absolute atomic E-state index is 13.3. The van der Waals surface area contributed by atoms with Crippen LogP contribution in [0.1, 0.15) is 25.2 Å². The average molecular weight is 418 g/mol. The first-order valence-corrected chi connectivity index (χ1v) is 11.5. The van der Waals surface area contributed by atoms with Crippen molar-refractivity contribution in [1.82, 2.24) is 4.72 Å². The third-order valence-corrected chi connectivity index (χ3v) is 7.55. The van der Waals surface area contributed by atoms with Gasteiger partial charge in [0.25, 0.3) is 0 Å². The predicted molar refractivity (Wildman–Crippen MR) is 102 cm³/mol. The van der Waals surface area contributed by atoms with Gasteiger partial charge in [-0.2, -0.15) is 4.72 Å². The first-order valence-electron chi connectivity index (χ1n) is 8.04. The maximum atomic E-state index is 13.3. The molecule has 0 heterocycles. The lowest BCUT2D eigenvalue weighted by Crippen LogP contribution is -2.30. The van der Waals surface area contributed by atoms with Gasteiger partial charge < -0.3 is 9.05 Å². The van der Waals surface area contributed by atoms with E-state index in [0.717, 1.165) is 0 Å². The average Bonchev–Trinajstić information content (AvgIpc) is 2.61. The van der Waals surface area contributed by atoms with E-state index in [1.54, 1.807) is 50.2 Å². The van der Waals surface area contributed by atoms with Gasteiger partial charge >= 0.3 is 7.60 Å². The number of halogens is 1. The summed E-state index contributed by atoms with van der Waals surface area (Å²) in [7, 11) is -7.82. The molecule has 2 aromatic carbocycles. The number of sulfonamides is 1. The molecule has 0 saturated carbocycles. The first-order chi connectivity index (χ1) is 12.3. The van der Waals surface area contributed by atoms with Crippen LogP contribution in [0, 0.1) is 0 Å². The summed E-state index contributed by atoms with van der Waals surface area (Å²) in [5, 5.41) is 0.280. The standard InChI is InChI=1S/C17H21ClNO5PS/c1-3-23-25(20,24-4-2)17(14-9-6-5-7-10-14)19-26(21,22)16-12-8-11-15(18)13-16/h5-13,17,19H,3-4H2,1-2H3. The largest absolute Gasteiger partial charge is 0.352 e. The van der Waals surface area contributed by atoms with Gasteiger partial charge in [-0.15, -0.1) is 0 Å². The Kier molecular flexibility index (Phi) is 7.41. The van der Waals surface area contributed by atoms with Gasteiger partial charge in [0.2, 0.25) is 10.0 Å². The third-order valence-electron chi connectivity index (χ3n) is 3.42. The molecule has 0 radical (unpaired) electrons. The number of hydrogen-bond donors (Lipinski definition) is 1. The van der Waals surface area contributed by atoms with Crippen LogP contribution in [-0.2, 0) is 23.6 Å². The minimum absolute atomic E-state index is 0.0366. The second-order valence-electron chi connectivity index (χ2n) is 5.27. The van der Waals surface area contributed by atoms with Gasteiger partial charge in [-0.1, -0.05) is 48.0 Å². The van der Waals surface area contributed by atoms with Gasteiger partial charge in [0, 0.05) is 5.02 Å². The first kappa shape index (κ1) is 21.1. The highest BCUT2D eigenvalue weighted by molar-refractivity contribution is 7.89. The number of hydrogen-bond acceptors (Lipinski definition) is 5. The zero-order valence-corrected chi connectivity index (χ0v) is 16.9. The van der Waals surface area contributed by atoms with Crippen LogP contribution in [0.2, 0.25) is 5.02 Å². The summed E-state index contributed by atoms with van der Waals surface area (Å²) < 4.78 is 52.1. The van der Waals surface area contributed by atoms with Crippen molar-refractivity contribution >= 4 is 29.2 Å². The Labute approximate surface area is 159 Å². The molecule has 0 bridgehead atoms. The summed E-state index contributed by atoms with van der Waals surface area (Å²) in [6.07, 6.45) is 0. The molecule has 2 rings (SSSR count). The Bertz CT molecular complexity index is 866. The second kappa shape index (κ2) is 9.13. The molecular formula is C17H21ClNO5PS. The molecule has 1 atom stereocenters. The molecule has 9 heteroatoms. The zero-order chi connectivity index (χ0) is 19.2. The van der Waals surface area contributed by atoms with Gasteiger partial charge in [-0.25, -0.2) is 8.42 Å². The molecule has 1 unspecified atom stereocenters. The highest BCUT2D eigenvalue weighted by Crippen LogP contribution is 2.59. The van der Waals surface area contributed by atoms with Crippen LogP contribution in [0.4, 0.5) is 0 Å². The van der Waals surface area contributed by atoms with E-state index in [4.69, 9.17) is 20.6 Å². The van der Waals surface area contributed by atoms with Crippen LogP contribution in [-0.4, -0.2) is 21.6 Å². The van der Waals surface area contributed by atoms with E-state index in [1.165, 1.54) is 18.2 Å². The topological polar surface area (TPSA) is 81.7 Å². The summed E-state index contributed by atoms with van der Waals surface area (Å²) >= 11 is 5.90. The molecule has 0 aromatic heterocycles. The fraction of sp³-hybridized carbons (Fsp3) is 0.294. The molecule has 0 fully saturated rings. The Morgan fingerprint density at radius 3 is 2.19 bits per heavy atom. The lowest BCUT2D eigenvalue weighted by Gasteiger charge is -2.27. The van der Waals surface area contributed by atoms with E-state index in [0.29, 0.717) is 5.56 Å². The van der Waals surface area contributed by atoms with Crippen molar-refractivity contribution in [3.8, 4) is 0 Å². The summed E-state index contributed by atoms with van der Waals surface area (Å²) in [5.74, 6) is -1.19. The van der Waals surface area contributed by atoms with Crippen molar-refractivity contribution in [2.45, 2.75) is 24.5 Å². The molecular weight excluding hydrogens is 397 g/mol. The fourth-order valence-corrected chi connectivity index (χ4v) is 6.27. The molecule has 1 N–H and O–H groups in total. The highest BCUT2D eigenvalue weighted by Gasteiger charge is 2.40. The van der Waals surface area contributed by atoms with Crippen LogP contribution in [0.15, 0.2) is 59.5 Å². The quantitative estimate of drug-likeness (QED) is 0.604. The molecule has 0 amide bonds. The van der Waals surface area contributed by atoms with E-state index in [1.807, 2.05) is 0 Å². The lowest BCUT2D eigenvalue weighted by atomic mass is 10.2. The van der Waals surface area contributed by atoms with Gasteiger partial charge in [0.15, 0.2) is 0 Å². The van der Waals surface area contributed by atoms with Crippen molar-refractivity contribution in [1.29, 1.82) is 0 Å². The van der Waals surface area contributed by atoms with Crippen LogP contribution < -0.4 is 4.72 Å². The van der Waals surface area contributed by atoms with Gasteiger partial charge in [-0.3, -0.25) is 4.57 Å². The Hall–Kier alpha value is -1.21. The normalized spacial score (nSPS) is 13.5. The third kappa shape index (κ3) is 5.16. The van der Waals surface area contributed by atoms with Crippen molar-refractivity contribution in [2.24, 2.45) is 0 Å². The zero-order valence-electron chi connectivity index (χ0n) is 14.5. The predicted octanol–water partition coefficient (Wildman–Crippen LogP) is 4.58. The SMILES string of the molecule is CCOP(=O)(OCC)C(NS(=O)(=O)c1cccc(Cl)c1)c1ccccc1. The summed E-state index contributed by atoms with van der Waals surface area (Å²) in [4.78, 5) is -0.0366. The van der Waals surface area contributed by atoms with E-state index in [9.17, 15) is 13.0 Å². The highest BCUT2D eigenvalue weighted by atomic mass is 35.5. The van der Waals surface area contributed by atoms with Crippen molar-refractivity contribution in [2.75, 3.05) is 13.2 Å². The molecule has 142 valence electrons. The molecule has 0 aliphatic heterocycles.